The third-order valence-electron chi connectivity index (χ3n) is 5.65. The molecule has 1 saturated carbocycles. The Balaban J connectivity index is 1.59. The molecule has 116 valence electrons. The van der Waals surface area contributed by atoms with Gasteiger partial charge < -0.3 is 0 Å². The number of Topliss-reactive ketones (excluding diaryl/α,β-unsaturated/α-hetero) is 1. The number of carbonyl (C=O) groups excluding carboxylic acids is 1. The van der Waals surface area contributed by atoms with Crippen LogP contribution in [-0.2, 0) is 0 Å². The Labute approximate surface area is 138 Å². The number of benzene rings is 2. The standard InChI is InChI=1S/C22H22O/c23-21(20-9-6-16-22(20)14-4-5-15-22)19-12-10-18(11-13-19)17-7-2-1-3-8-17/h1-4,7-8,10-14,20H,5-6,9,15-16H2. The van der Waals surface area contributed by atoms with Gasteiger partial charge in [-0.15, -0.1) is 0 Å². The topological polar surface area (TPSA) is 17.1 Å². The van der Waals surface area contributed by atoms with Gasteiger partial charge in [0, 0.05) is 11.5 Å². The van der Waals surface area contributed by atoms with Crippen LogP contribution < -0.4 is 0 Å². The summed E-state index contributed by atoms with van der Waals surface area (Å²) in [7, 11) is 0. The van der Waals surface area contributed by atoms with E-state index in [2.05, 4.69) is 36.4 Å². The van der Waals surface area contributed by atoms with Gasteiger partial charge in [-0.3, -0.25) is 4.79 Å². The zero-order valence-electron chi connectivity index (χ0n) is 13.4. The van der Waals surface area contributed by atoms with E-state index in [1.165, 1.54) is 24.0 Å². The van der Waals surface area contributed by atoms with E-state index in [4.69, 9.17) is 0 Å². The van der Waals surface area contributed by atoms with Gasteiger partial charge in [-0.1, -0.05) is 73.2 Å². The molecule has 0 aromatic heterocycles. The summed E-state index contributed by atoms with van der Waals surface area (Å²) in [5, 5.41) is 0. The smallest absolute Gasteiger partial charge is 0.166 e. The van der Waals surface area contributed by atoms with Gasteiger partial charge in [0.2, 0.25) is 0 Å². The summed E-state index contributed by atoms with van der Waals surface area (Å²) in [6, 6.07) is 18.5. The molecule has 1 nitrogen and oxygen atoms in total. The van der Waals surface area contributed by atoms with Crippen LogP contribution in [0.5, 0.6) is 0 Å². The lowest BCUT2D eigenvalue weighted by atomic mass is 9.74. The average Bonchev–Trinajstić information content (AvgIpc) is 3.26. The van der Waals surface area contributed by atoms with Crippen LogP contribution in [0.1, 0.15) is 42.5 Å². The van der Waals surface area contributed by atoms with Crippen molar-refractivity contribution in [3.05, 3.63) is 72.3 Å². The lowest BCUT2D eigenvalue weighted by molar-refractivity contribution is 0.0847. The molecule has 23 heavy (non-hydrogen) atoms. The van der Waals surface area contributed by atoms with Crippen LogP contribution in [0.3, 0.4) is 0 Å². The Morgan fingerprint density at radius 2 is 1.65 bits per heavy atom. The van der Waals surface area contributed by atoms with Crippen molar-refractivity contribution in [2.45, 2.75) is 32.1 Å². The monoisotopic (exact) mass is 302 g/mol. The normalized spacial score (nSPS) is 26.0. The SMILES string of the molecule is O=C(c1ccc(-c2ccccc2)cc1)C1CCCC12C=CCC2. The average molecular weight is 302 g/mol. The minimum Gasteiger partial charge on any atom is -0.294 e. The van der Waals surface area contributed by atoms with Gasteiger partial charge in [0.1, 0.15) is 0 Å². The quantitative estimate of drug-likeness (QED) is 0.527. The molecule has 0 saturated heterocycles. The summed E-state index contributed by atoms with van der Waals surface area (Å²) < 4.78 is 0. The maximum atomic E-state index is 13.0. The van der Waals surface area contributed by atoms with Crippen molar-refractivity contribution in [1.29, 1.82) is 0 Å². The van der Waals surface area contributed by atoms with Crippen molar-refractivity contribution in [1.82, 2.24) is 0 Å². The molecule has 2 aliphatic rings. The van der Waals surface area contributed by atoms with Gasteiger partial charge >= 0.3 is 0 Å². The highest BCUT2D eigenvalue weighted by Gasteiger charge is 2.45. The predicted octanol–water partition coefficient (Wildman–Crippen LogP) is 5.67. The number of rotatable bonds is 3. The first-order chi connectivity index (χ1) is 11.3. The van der Waals surface area contributed by atoms with Gasteiger partial charge in [-0.05, 0) is 42.2 Å². The lowest BCUT2D eigenvalue weighted by Gasteiger charge is -2.28. The van der Waals surface area contributed by atoms with E-state index in [1.807, 2.05) is 30.3 Å². The highest BCUT2D eigenvalue weighted by atomic mass is 16.1. The van der Waals surface area contributed by atoms with Gasteiger partial charge in [-0.25, -0.2) is 0 Å². The van der Waals surface area contributed by atoms with E-state index in [9.17, 15) is 4.79 Å². The summed E-state index contributed by atoms with van der Waals surface area (Å²) in [6.45, 7) is 0. The molecule has 0 bridgehead atoms. The Bertz CT molecular complexity index is 726. The summed E-state index contributed by atoms with van der Waals surface area (Å²) in [5.74, 6) is 0.525. The maximum Gasteiger partial charge on any atom is 0.166 e. The molecule has 2 unspecified atom stereocenters. The second-order valence-electron chi connectivity index (χ2n) is 6.93. The van der Waals surface area contributed by atoms with Crippen LogP contribution in [-0.4, -0.2) is 5.78 Å². The third kappa shape index (κ3) is 2.55. The molecule has 1 spiro atoms. The first-order valence-corrected chi connectivity index (χ1v) is 8.66. The van der Waals surface area contributed by atoms with Crippen molar-refractivity contribution in [3.8, 4) is 11.1 Å². The highest BCUT2D eigenvalue weighted by Crippen LogP contribution is 2.51. The van der Waals surface area contributed by atoms with E-state index in [0.717, 1.165) is 24.8 Å². The van der Waals surface area contributed by atoms with Crippen molar-refractivity contribution in [2.24, 2.45) is 11.3 Å². The van der Waals surface area contributed by atoms with E-state index >= 15 is 0 Å². The van der Waals surface area contributed by atoms with E-state index in [0.29, 0.717) is 5.78 Å². The van der Waals surface area contributed by atoms with Crippen LogP contribution in [0, 0.1) is 11.3 Å². The third-order valence-corrected chi connectivity index (χ3v) is 5.65. The molecule has 0 aliphatic heterocycles. The summed E-state index contributed by atoms with van der Waals surface area (Å²) in [6.07, 6.45) is 10.3. The summed E-state index contributed by atoms with van der Waals surface area (Å²) >= 11 is 0. The van der Waals surface area contributed by atoms with Crippen molar-refractivity contribution >= 4 is 5.78 Å². The second kappa shape index (κ2) is 5.81. The van der Waals surface area contributed by atoms with E-state index < -0.39 is 0 Å². The Kier molecular flexibility index (Phi) is 3.65. The minimum absolute atomic E-state index is 0.162. The van der Waals surface area contributed by atoms with Gasteiger partial charge in [0.05, 0.1) is 0 Å². The molecule has 1 heteroatoms. The number of ketones is 1. The van der Waals surface area contributed by atoms with Gasteiger partial charge in [0.25, 0.3) is 0 Å². The van der Waals surface area contributed by atoms with Crippen molar-refractivity contribution < 1.29 is 4.79 Å². The molecule has 0 radical (unpaired) electrons. The molecule has 4 rings (SSSR count). The molecule has 2 aromatic rings. The molecule has 2 aliphatic carbocycles. The summed E-state index contributed by atoms with van der Waals surface area (Å²) in [4.78, 5) is 13.0. The molecule has 0 N–H and O–H groups in total. The van der Waals surface area contributed by atoms with E-state index in [1.54, 1.807) is 0 Å². The molecule has 1 fully saturated rings. The molecule has 0 heterocycles. The Morgan fingerprint density at radius 1 is 0.913 bits per heavy atom. The second-order valence-corrected chi connectivity index (χ2v) is 6.93. The van der Waals surface area contributed by atoms with Gasteiger partial charge in [-0.2, -0.15) is 0 Å². The van der Waals surface area contributed by atoms with Crippen LogP contribution in [0.4, 0.5) is 0 Å². The highest BCUT2D eigenvalue weighted by molar-refractivity contribution is 5.99. The van der Waals surface area contributed by atoms with Crippen LogP contribution in [0.2, 0.25) is 0 Å². The first-order valence-electron chi connectivity index (χ1n) is 8.66. The molecule has 2 atom stereocenters. The molecular weight excluding hydrogens is 280 g/mol. The molecule has 0 amide bonds. The number of carbonyl (C=O) groups is 1. The van der Waals surface area contributed by atoms with E-state index in [-0.39, 0.29) is 11.3 Å². The maximum absolute atomic E-state index is 13.0. The number of hydrogen-bond donors (Lipinski definition) is 0. The Morgan fingerprint density at radius 3 is 2.35 bits per heavy atom. The lowest BCUT2D eigenvalue weighted by Crippen LogP contribution is -2.28. The van der Waals surface area contributed by atoms with Crippen molar-refractivity contribution in [3.63, 3.8) is 0 Å². The predicted molar refractivity (Wildman–Crippen MR) is 94.4 cm³/mol. The zero-order chi connectivity index (χ0) is 15.7. The fraction of sp³-hybridized carbons (Fsp3) is 0.318. The Hall–Kier alpha value is -2.15. The molecular formula is C22H22O. The first kappa shape index (κ1) is 14.4. The zero-order valence-corrected chi connectivity index (χ0v) is 13.4. The number of hydrogen-bond acceptors (Lipinski definition) is 1. The molecule has 2 aromatic carbocycles. The van der Waals surface area contributed by atoms with Crippen molar-refractivity contribution in [2.75, 3.05) is 0 Å². The van der Waals surface area contributed by atoms with Crippen LogP contribution in [0.25, 0.3) is 11.1 Å². The largest absolute Gasteiger partial charge is 0.294 e. The van der Waals surface area contributed by atoms with Crippen LogP contribution in [0.15, 0.2) is 66.7 Å². The van der Waals surface area contributed by atoms with Crippen LogP contribution >= 0.6 is 0 Å². The number of allylic oxidation sites excluding steroid dienone is 2. The van der Waals surface area contributed by atoms with Gasteiger partial charge in [0.15, 0.2) is 5.78 Å². The minimum atomic E-state index is 0.162. The fourth-order valence-corrected chi connectivity index (χ4v) is 4.40. The summed E-state index contributed by atoms with van der Waals surface area (Å²) in [5.41, 5.74) is 3.40. The fourth-order valence-electron chi connectivity index (χ4n) is 4.40.